The first-order valence-corrected chi connectivity index (χ1v) is 13.9. The van der Waals surface area contributed by atoms with Crippen LogP contribution >= 0.6 is 0 Å². The van der Waals surface area contributed by atoms with Crippen LogP contribution in [0.4, 0.5) is 11.6 Å². The zero-order valence-corrected chi connectivity index (χ0v) is 21.4. The van der Waals surface area contributed by atoms with Crippen molar-refractivity contribution in [1.29, 1.82) is 0 Å². The number of nitrogens with zero attached hydrogens (tertiary/aromatic N) is 6. The minimum atomic E-state index is -2.85. The number of allylic oxidation sites excluding steroid dienone is 1. The smallest absolute Gasteiger partial charge is 0.154 e. The van der Waals surface area contributed by atoms with Crippen LogP contribution in [0.2, 0.25) is 0 Å². The standard InChI is InChI=1S/C25H32N8O2S/c1-18(2)19-13-25(32-29-17-19)31-24-5-4-22-23(30-24)12-20(16-28-22)21(14-26)15-27-6-3-7-33-8-10-36(34,35)11-9-33/h4-5,12-18H,3,6-11,26H2,1-2H3,(H,30,31,32). The first kappa shape index (κ1) is 25.6. The second kappa shape index (κ2) is 11.5. The molecule has 11 heteroatoms. The summed E-state index contributed by atoms with van der Waals surface area (Å²) in [6.07, 6.45) is 7.63. The van der Waals surface area contributed by atoms with Crippen molar-refractivity contribution < 1.29 is 8.42 Å². The molecule has 0 radical (unpaired) electrons. The van der Waals surface area contributed by atoms with Crippen LogP contribution in [0, 0.1) is 0 Å². The van der Waals surface area contributed by atoms with Crippen LogP contribution in [0.15, 0.2) is 47.9 Å². The molecule has 3 N–H and O–H groups in total. The molecule has 0 spiro atoms. The Labute approximate surface area is 211 Å². The molecule has 1 fully saturated rings. The average molecular weight is 509 g/mol. The van der Waals surface area contributed by atoms with Gasteiger partial charge in [0.1, 0.15) is 5.82 Å². The number of pyridine rings is 2. The quantitative estimate of drug-likeness (QED) is 0.330. The van der Waals surface area contributed by atoms with Gasteiger partial charge >= 0.3 is 0 Å². The lowest BCUT2D eigenvalue weighted by atomic mass is 10.1. The Hall–Kier alpha value is -3.44. The molecule has 0 aliphatic carbocycles. The summed E-state index contributed by atoms with van der Waals surface area (Å²) in [5.41, 5.74) is 10.0. The summed E-state index contributed by atoms with van der Waals surface area (Å²) in [7, 11) is -2.85. The number of nitrogens with two attached hydrogens (primary N) is 1. The minimum Gasteiger partial charge on any atom is -0.404 e. The van der Waals surface area contributed by atoms with E-state index < -0.39 is 9.84 Å². The van der Waals surface area contributed by atoms with Gasteiger partial charge in [-0.3, -0.25) is 9.98 Å². The maximum atomic E-state index is 11.5. The summed E-state index contributed by atoms with van der Waals surface area (Å²) in [5, 5.41) is 11.4. The Balaban J connectivity index is 1.38. The summed E-state index contributed by atoms with van der Waals surface area (Å²) < 4.78 is 23.1. The fourth-order valence-electron chi connectivity index (χ4n) is 3.86. The highest BCUT2D eigenvalue weighted by Gasteiger charge is 2.20. The maximum absolute atomic E-state index is 11.5. The van der Waals surface area contributed by atoms with E-state index in [-0.39, 0.29) is 11.5 Å². The van der Waals surface area contributed by atoms with Crippen LogP contribution in [0.1, 0.15) is 37.3 Å². The van der Waals surface area contributed by atoms with Gasteiger partial charge in [-0.05, 0) is 48.7 Å². The largest absolute Gasteiger partial charge is 0.404 e. The molecule has 0 saturated carbocycles. The first-order chi connectivity index (χ1) is 17.3. The van der Waals surface area contributed by atoms with Crippen LogP contribution in [0.3, 0.4) is 0 Å². The van der Waals surface area contributed by atoms with Gasteiger partial charge in [0, 0.05) is 49.4 Å². The van der Waals surface area contributed by atoms with Crippen LogP contribution in [0.25, 0.3) is 16.6 Å². The molecule has 10 nitrogen and oxygen atoms in total. The van der Waals surface area contributed by atoms with E-state index in [4.69, 9.17) is 10.7 Å². The molecule has 1 aliphatic heterocycles. The molecule has 3 aromatic rings. The Morgan fingerprint density at radius 2 is 1.97 bits per heavy atom. The van der Waals surface area contributed by atoms with Gasteiger partial charge < -0.3 is 16.0 Å². The summed E-state index contributed by atoms with van der Waals surface area (Å²) in [5.74, 6) is 2.12. The number of hydrogen-bond acceptors (Lipinski definition) is 10. The number of hydrogen-bond donors (Lipinski definition) is 2. The Morgan fingerprint density at radius 3 is 2.72 bits per heavy atom. The predicted molar refractivity (Wildman–Crippen MR) is 144 cm³/mol. The highest BCUT2D eigenvalue weighted by Crippen LogP contribution is 2.21. The average Bonchev–Trinajstić information content (AvgIpc) is 2.87. The minimum absolute atomic E-state index is 0.244. The molecule has 1 saturated heterocycles. The van der Waals surface area contributed by atoms with Crippen molar-refractivity contribution in [3.63, 3.8) is 0 Å². The second-order valence-electron chi connectivity index (χ2n) is 9.12. The van der Waals surface area contributed by atoms with E-state index in [0.717, 1.165) is 40.7 Å². The third-order valence-corrected chi connectivity index (χ3v) is 7.69. The summed E-state index contributed by atoms with van der Waals surface area (Å²) >= 11 is 0. The zero-order valence-electron chi connectivity index (χ0n) is 20.6. The number of sulfone groups is 1. The zero-order chi connectivity index (χ0) is 25.5. The lowest BCUT2D eigenvalue weighted by molar-refractivity contribution is 0.294. The highest BCUT2D eigenvalue weighted by atomic mass is 32.2. The number of aromatic nitrogens is 4. The molecule has 1 aliphatic rings. The number of rotatable bonds is 9. The topological polar surface area (TPSA) is 139 Å². The summed E-state index contributed by atoms with van der Waals surface area (Å²) in [4.78, 5) is 15.9. The summed E-state index contributed by atoms with van der Waals surface area (Å²) in [6, 6.07) is 7.66. The van der Waals surface area contributed by atoms with E-state index in [1.165, 1.54) is 6.20 Å². The van der Waals surface area contributed by atoms with E-state index >= 15 is 0 Å². The molecular formula is C25H32N8O2S. The van der Waals surface area contributed by atoms with Gasteiger partial charge in [-0.15, -0.1) is 5.10 Å². The third kappa shape index (κ3) is 6.82. The van der Waals surface area contributed by atoms with Gasteiger partial charge in [0.2, 0.25) is 0 Å². The van der Waals surface area contributed by atoms with E-state index in [0.29, 0.717) is 37.2 Å². The fraction of sp³-hybridized carbons (Fsp3) is 0.400. The number of nitrogens with one attached hydrogen (secondary N) is 1. The second-order valence-corrected chi connectivity index (χ2v) is 11.4. The SMILES string of the molecule is CC(C)c1cnnc(Nc2ccc3ncc(C(C=NCCCN4CCS(=O)(=O)CC4)=CN)cc3n2)c1. The Morgan fingerprint density at radius 1 is 1.17 bits per heavy atom. The van der Waals surface area contributed by atoms with E-state index in [1.807, 2.05) is 24.3 Å². The molecule has 0 aromatic carbocycles. The lowest BCUT2D eigenvalue weighted by Crippen LogP contribution is -2.40. The maximum Gasteiger partial charge on any atom is 0.154 e. The van der Waals surface area contributed by atoms with Crippen molar-refractivity contribution in [2.75, 3.05) is 43.0 Å². The van der Waals surface area contributed by atoms with Gasteiger partial charge in [0.05, 0.1) is 28.7 Å². The van der Waals surface area contributed by atoms with Crippen molar-refractivity contribution >= 4 is 44.3 Å². The number of anilines is 2. The molecule has 0 atom stereocenters. The fourth-order valence-corrected chi connectivity index (χ4v) is 5.14. The number of fused-ring (bicyclic) bond motifs is 1. The van der Waals surface area contributed by atoms with E-state index in [1.54, 1.807) is 18.6 Å². The molecule has 0 bridgehead atoms. The molecule has 4 heterocycles. The van der Waals surface area contributed by atoms with E-state index in [2.05, 4.69) is 44.2 Å². The molecule has 0 unspecified atom stereocenters. The van der Waals surface area contributed by atoms with Gasteiger partial charge in [0.15, 0.2) is 15.7 Å². The monoisotopic (exact) mass is 508 g/mol. The van der Waals surface area contributed by atoms with Crippen LogP contribution in [-0.2, 0) is 9.84 Å². The van der Waals surface area contributed by atoms with Gasteiger partial charge in [-0.25, -0.2) is 13.4 Å². The molecule has 36 heavy (non-hydrogen) atoms. The van der Waals surface area contributed by atoms with Crippen LogP contribution in [0.5, 0.6) is 0 Å². The molecule has 3 aromatic heterocycles. The number of aliphatic imine (C=N–C) groups is 1. The van der Waals surface area contributed by atoms with Gasteiger partial charge in [-0.2, -0.15) is 5.10 Å². The van der Waals surface area contributed by atoms with Crippen molar-refractivity contribution in [2.45, 2.75) is 26.2 Å². The molecular weight excluding hydrogens is 476 g/mol. The van der Waals surface area contributed by atoms with Crippen LogP contribution in [-0.4, -0.2) is 77.4 Å². The first-order valence-electron chi connectivity index (χ1n) is 12.0. The molecule has 4 rings (SSSR count). The van der Waals surface area contributed by atoms with Gasteiger partial charge in [-0.1, -0.05) is 13.8 Å². The van der Waals surface area contributed by atoms with Crippen molar-refractivity contribution in [3.8, 4) is 0 Å². The normalized spacial score (nSPS) is 16.7. The van der Waals surface area contributed by atoms with Crippen molar-refractivity contribution in [1.82, 2.24) is 25.1 Å². The molecule has 190 valence electrons. The molecule has 0 amide bonds. The van der Waals surface area contributed by atoms with Gasteiger partial charge in [0.25, 0.3) is 0 Å². The Kier molecular flexibility index (Phi) is 8.21. The highest BCUT2D eigenvalue weighted by molar-refractivity contribution is 7.91. The van der Waals surface area contributed by atoms with Crippen molar-refractivity contribution in [2.24, 2.45) is 10.7 Å². The third-order valence-electron chi connectivity index (χ3n) is 6.08. The van der Waals surface area contributed by atoms with E-state index in [9.17, 15) is 8.42 Å². The van der Waals surface area contributed by atoms with Crippen LogP contribution < -0.4 is 11.1 Å². The lowest BCUT2D eigenvalue weighted by Gasteiger charge is -2.25. The Bertz CT molecular complexity index is 1360. The summed E-state index contributed by atoms with van der Waals surface area (Å²) in [6.45, 7) is 6.87. The van der Waals surface area contributed by atoms with Crippen molar-refractivity contribution in [3.05, 3.63) is 54.0 Å². The predicted octanol–water partition coefficient (Wildman–Crippen LogP) is 2.78.